The second kappa shape index (κ2) is 13.1. The summed E-state index contributed by atoms with van der Waals surface area (Å²) in [5.41, 5.74) is 12.0. The monoisotopic (exact) mass is 658 g/mol. The number of hydrogen-bond donors (Lipinski definition) is 0. The van der Waals surface area contributed by atoms with E-state index < -0.39 is 10.8 Å². The van der Waals surface area contributed by atoms with Gasteiger partial charge < -0.3 is 0 Å². The van der Waals surface area contributed by atoms with Gasteiger partial charge in [-0.1, -0.05) is 206 Å². The van der Waals surface area contributed by atoms with E-state index in [-0.39, 0.29) is 0 Å². The Kier molecular flexibility index (Phi) is 7.86. The minimum atomic E-state index is -0.741. The zero-order valence-corrected chi connectivity index (χ0v) is 28.6. The van der Waals surface area contributed by atoms with Crippen LogP contribution in [0.3, 0.4) is 0 Å². The lowest BCUT2D eigenvalue weighted by Gasteiger charge is -2.35. The third-order valence-electron chi connectivity index (χ3n) is 10.4. The Labute approximate surface area is 306 Å². The minimum Gasteiger partial charge on any atom is -0.0764 e. The van der Waals surface area contributed by atoms with E-state index in [1.165, 1.54) is 22.3 Å². The van der Waals surface area contributed by atoms with Gasteiger partial charge in [0.25, 0.3) is 0 Å². The first-order valence-electron chi connectivity index (χ1n) is 17.8. The summed E-state index contributed by atoms with van der Waals surface area (Å²) in [5, 5.41) is 0. The van der Waals surface area contributed by atoms with Gasteiger partial charge in [0, 0.05) is 11.1 Å². The Hall–Kier alpha value is -6.86. The molecule has 0 aliphatic heterocycles. The van der Waals surface area contributed by atoms with E-state index in [1.807, 2.05) is 12.1 Å². The molecule has 0 amide bonds. The highest BCUT2D eigenvalue weighted by atomic mass is 14.4. The van der Waals surface area contributed by atoms with Crippen LogP contribution in [0.5, 0.6) is 0 Å². The average Bonchev–Trinajstić information content (AvgIpc) is 3.46. The lowest BCUT2D eigenvalue weighted by Crippen LogP contribution is -2.31. The standard InChI is InChI=1S/C52H34/c1-3-15-39(16-4-1)35-37-51(47-23-11-7-19-41(47)27-28-42-20-8-12-24-48(42)51)45-31-33-46(34-32-45)52(38-36-40-17-5-2-6-18-40)49-25-13-9-21-43(49)29-30-44-22-10-14-26-50(44)52/h1-34H. The summed E-state index contributed by atoms with van der Waals surface area (Å²) < 4.78 is 0. The predicted molar refractivity (Wildman–Crippen MR) is 216 cm³/mol. The maximum Gasteiger partial charge on any atom is 0.108 e. The smallest absolute Gasteiger partial charge is 0.0764 e. The van der Waals surface area contributed by atoms with E-state index in [1.54, 1.807) is 0 Å². The van der Waals surface area contributed by atoms with Crippen LogP contribution in [0.15, 0.2) is 182 Å². The van der Waals surface area contributed by atoms with Gasteiger partial charge in [-0.25, -0.2) is 0 Å². The van der Waals surface area contributed by atoms with Crippen LogP contribution in [-0.4, -0.2) is 0 Å². The molecule has 0 heterocycles. The molecule has 0 fully saturated rings. The molecular formula is C52H34. The summed E-state index contributed by atoms with van der Waals surface area (Å²) in [6.07, 6.45) is 8.92. The van der Waals surface area contributed by atoms with Crippen molar-refractivity contribution < 1.29 is 0 Å². The summed E-state index contributed by atoms with van der Waals surface area (Å²) in [6.45, 7) is 0. The molecule has 0 heteroatoms. The Morgan fingerprint density at radius 1 is 0.269 bits per heavy atom. The van der Waals surface area contributed by atoms with Crippen molar-refractivity contribution in [3.8, 4) is 23.7 Å². The number of rotatable bonds is 2. The normalized spacial score (nSPS) is 14.0. The summed E-state index contributed by atoms with van der Waals surface area (Å²) in [5.74, 6) is 15.0. The summed E-state index contributed by atoms with van der Waals surface area (Å²) in [4.78, 5) is 0. The molecule has 0 nitrogen and oxygen atoms in total. The van der Waals surface area contributed by atoms with E-state index in [2.05, 4.69) is 218 Å². The van der Waals surface area contributed by atoms with Gasteiger partial charge >= 0.3 is 0 Å². The van der Waals surface area contributed by atoms with E-state index in [0.717, 1.165) is 44.5 Å². The van der Waals surface area contributed by atoms with Gasteiger partial charge in [0.05, 0.1) is 0 Å². The Morgan fingerprint density at radius 2 is 0.538 bits per heavy atom. The summed E-state index contributed by atoms with van der Waals surface area (Å²) in [6, 6.07) is 64.5. The molecule has 0 saturated heterocycles. The first kappa shape index (κ1) is 31.1. The third kappa shape index (κ3) is 5.22. The molecule has 0 atom stereocenters. The van der Waals surface area contributed by atoms with E-state index >= 15 is 0 Å². The molecule has 7 aromatic rings. The highest BCUT2D eigenvalue weighted by molar-refractivity contribution is 5.83. The molecule has 0 aromatic heterocycles. The van der Waals surface area contributed by atoms with Gasteiger partial charge in [-0.15, -0.1) is 0 Å². The highest BCUT2D eigenvalue weighted by Crippen LogP contribution is 2.48. The molecule has 0 N–H and O–H groups in total. The van der Waals surface area contributed by atoms with Crippen molar-refractivity contribution in [1.29, 1.82) is 0 Å². The van der Waals surface area contributed by atoms with Crippen LogP contribution in [0.4, 0.5) is 0 Å². The van der Waals surface area contributed by atoms with Crippen LogP contribution in [0.25, 0.3) is 24.3 Å². The fraction of sp³-hybridized carbons (Fsp3) is 0.0385. The molecule has 242 valence electrons. The zero-order valence-electron chi connectivity index (χ0n) is 28.6. The first-order valence-corrected chi connectivity index (χ1v) is 17.8. The summed E-state index contributed by atoms with van der Waals surface area (Å²) >= 11 is 0. The second-order valence-corrected chi connectivity index (χ2v) is 13.3. The van der Waals surface area contributed by atoms with Crippen LogP contribution in [-0.2, 0) is 10.8 Å². The SMILES string of the molecule is C(#CC1(c2ccc(C3(C#Cc4ccccc4)c4ccccc4C=Cc4ccccc43)cc2)c2ccccc2C=Cc2ccccc21)c1ccccc1. The Morgan fingerprint density at radius 3 is 0.846 bits per heavy atom. The van der Waals surface area contributed by atoms with Crippen molar-refractivity contribution in [2.24, 2.45) is 0 Å². The molecule has 0 spiro atoms. The van der Waals surface area contributed by atoms with Crippen LogP contribution in [0.2, 0.25) is 0 Å². The van der Waals surface area contributed by atoms with Gasteiger partial charge in [0.1, 0.15) is 10.8 Å². The summed E-state index contributed by atoms with van der Waals surface area (Å²) in [7, 11) is 0. The lowest BCUT2D eigenvalue weighted by atomic mass is 9.65. The average molecular weight is 659 g/mol. The topological polar surface area (TPSA) is 0 Å². The van der Waals surface area contributed by atoms with Gasteiger partial charge in [-0.2, -0.15) is 0 Å². The maximum atomic E-state index is 3.89. The number of fused-ring (bicyclic) bond motifs is 4. The Balaban J connectivity index is 1.33. The lowest BCUT2D eigenvalue weighted by molar-refractivity contribution is 0.787. The predicted octanol–water partition coefficient (Wildman–Crippen LogP) is 11.4. The highest BCUT2D eigenvalue weighted by Gasteiger charge is 2.42. The van der Waals surface area contributed by atoms with Crippen LogP contribution in [0, 0.1) is 23.7 Å². The first-order chi connectivity index (χ1) is 25.8. The van der Waals surface area contributed by atoms with Crippen molar-refractivity contribution in [2.45, 2.75) is 10.8 Å². The van der Waals surface area contributed by atoms with Crippen molar-refractivity contribution in [1.82, 2.24) is 0 Å². The maximum absolute atomic E-state index is 3.89. The van der Waals surface area contributed by atoms with Gasteiger partial charge in [0.2, 0.25) is 0 Å². The number of hydrogen-bond acceptors (Lipinski definition) is 0. The molecule has 52 heavy (non-hydrogen) atoms. The van der Waals surface area contributed by atoms with Crippen LogP contribution < -0.4 is 0 Å². The fourth-order valence-corrected chi connectivity index (χ4v) is 7.97. The Bertz CT molecular complexity index is 2330. The van der Waals surface area contributed by atoms with Crippen molar-refractivity contribution in [3.05, 3.63) is 249 Å². The van der Waals surface area contributed by atoms with Gasteiger partial charge in [-0.3, -0.25) is 0 Å². The molecule has 2 aliphatic rings. The molecule has 7 aromatic carbocycles. The molecule has 0 unspecified atom stereocenters. The van der Waals surface area contributed by atoms with Crippen LogP contribution in [0.1, 0.15) is 66.8 Å². The van der Waals surface area contributed by atoms with Gasteiger partial charge in [-0.05, 0) is 79.9 Å². The molecule has 9 rings (SSSR count). The second-order valence-electron chi connectivity index (χ2n) is 13.3. The third-order valence-corrected chi connectivity index (χ3v) is 10.4. The van der Waals surface area contributed by atoms with E-state index in [9.17, 15) is 0 Å². The van der Waals surface area contributed by atoms with E-state index in [0.29, 0.717) is 0 Å². The fourth-order valence-electron chi connectivity index (χ4n) is 7.97. The molecule has 0 radical (unpaired) electrons. The largest absolute Gasteiger partial charge is 0.108 e. The van der Waals surface area contributed by atoms with Crippen molar-refractivity contribution >= 4 is 24.3 Å². The zero-order chi connectivity index (χ0) is 34.8. The van der Waals surface area contributed by atoms with Crippen molar-refractivity contribution in [3.63, 3.8) is 0 Å². The van der Waals surface area contributed by atoms with E-state index in [4.69, 9.17) is 0 Å². The quantitative estimate of drug-likeness (QED) is 0.162. The molecular weight excluding hydrogens is 625 g/mol. The van der Waals surface area contributed by atoms with Gasteiger partial charge in [0.15, 0.2) is 0 Å². The van der Waals surface area contributed by atoms with Crippen LogP contribution >= 0.6 is 0 Å². The molecule has 0 bridgehead atoms. The molecule has 2 aliphatic carbocycles. The minimum absolute atomic E-state index is 0.741. The molecule has 0 saturated carbocycles. The van der Waals surface area contributed by atoms with Crippen molar-refractivity contribution in [2.75, 3.05) is 0 Å². The number of benzene rings is 7.